The predicted molar refractivity (Wildman–Crippen MR) is 67.7 cm³/mol. The van der Waals surface area contributed by atoms with Crippen LogP contribution in [0.25, 0.3) is 0 Å². The van der Waals surface area contributed by atoms with Gasteiger partial charge in [0.2, 0.25) is 0 Å². The Hall–Kier alpha value is -0.0200. The molecule has 1 fully saturated rings. The van der Waals surface area contributed by atoms with Gasteiger partial charge in [-0.05, 0) is 56.8 Å². The standard InChI is InChI=1S/C11H13Br2N/c12-9-6-3-7-10(13)11(9)14-8-4-1-2-5-8/h3,6-8,14H,1-2,4-5H2. The summed E-state index contributed by atoms with van der Waals surface area (Å²) >= 11 is 7.12. The minimum atomic E-state index is 0.657. The van der Waals surface area contributed by atoms with E-state index in [-0.39, 0.29) is 0 Å². The quantitative estimate of drug-likeness (QED) is 0.842. The van der Waals surface area contributed by atoms with Crippen LogP contribution < -0.4 is 5.32 Å². The molecule has 0 aromatic heterocycles. The molecule has 0 bridgehead atoms. The van der Waals surface area contributed by atoms with Crippen LogP contribution in [0.3, 0.4) is 0 Å². The number of halogens is 2. The highest BCUT2D eigenvalue weighted by atomic mass is 79.9. The van der Waals surface area contributed by atoms with Crippen molar-refractivity contribution in [3.8, 4) is 0 Å². The fourth-order valence-corrected chi connectivity index (χ4v) is 3.14. The third kappa shape index (κ3) is 2.31. The van der Waals surface area contributed by atoms with Crippen molar-refractivity contribution in [2.45, 2.75) is 31.7 Å². The van der Waals surface area contributed by atoms with Crippen molar-refractivity contribution in [1.82, 2.24) is 0 Å². The van der Waals surface area contributed by atoms with Gasteiger partial charge in [0.25, 0.3) is 0 Å². The second-order valence-corrected chi connectivity index (χ2v) is 5.43. The maximum absolute atomic E-state index is 3.58. The van der Waals surface area contributed by atoms with E-state index in [0.717, 1.165) is 8.95 Å². The Bertz CT molecular complexity index is 299. The smallest absolute Gasteiger partial charge is 0.0631 e. The average Bonchev–Trinajstić information content (AvgIpc) is 2.64. The van der Waals surface area contributed by atoms with Crippen LogP contribution in [0.5, 0.6) is 0 Å². The summed E-state index contributed by atoms with van der Waals surface area (Å²) in [6.07, 6.45) is 5.32. The van der Waals surface area contributed by atoms with Crippen LogP contribution in [0.15, 0.2) is 27.1 Å². The third-order valence-electron chi connectivity index (χ3n) is 2.67. The monoisotopic (exact) mass is 317 g/mol. The lowest BCUT2D eigenvalue weighted by Gasteiger charge is -2.16. The first-order valence-corrected chi connectivity index (χ1v) is 6.56. The summed E-state index contributed by atoms with van der Waals surface area (Å²) in [5.74, 6) is 0. The van der Waals surface area contributed by atoms with Crippen molar-refractivity contribution in [3.05, 3.63) is 27.1 Å². The lowest BCUT2D eigenvalue weighted by Crippen LogP contribution is -2.15. The fourth-order valence-electron chi connectivity index (χ4n) is 1.91. The van der Waals surface area contributed by atoms with Crippen molar-refractivity contribution < 1.29 is 0 Å². The van der Waals surface area contributed by atoms with Gasteiger partial charge in [0.05, 0.1) is 5.69 Å². The summed E-state index contributed by atoms with van der Waals surface area (Å²) < 4.78 is 2.28. The van der Waals surface area contributed by atoms with Crippen LogP contribution in [0.4, 0.5) is 5.69 Å². The van der Waals surface area contributed by atoms with E-state index in [1.54, 1.807) is 0 Å². The van der Waals surface area contributed by atoms with Gasteiger partial charge < -0.3 is 5.32 Å². The Balaban J connectivity index is 2.14. The van der Waals surface area contributed by atoms with Crippen molar-refractivity contribution in [1.29, 1.82) is 0 Å². The van der Waals surface area contributed by atoms with Crippen molar-refractivity contribution >= 4 is 37.5 Å². The van der Waals surface area contributed by atoms with Gasteiger partial charge in [-0.1, -0.05) is 18.9 Å². The topological polar surface area (TPSA) is 12.0 Å². The molecule has 3 heteroatoms. The number of anilines is 1. The molecule has 0 saturated heterocycles. The van der Waals surface area contributed by atoms with Gasteiger partial charge in [0.1, 0.15) is 0 Å². The van der Waals surface area contributed by atoms with Crippen molar-refractivity contribution in [3.63, 3.8) is 0 Å². The second kappa shape index (κ2) is 4.67. The highest BCUT2D eigenvalue weighted by molar-refractivity contribution is 9.11. The first-order valence-electron chi connectivity index (χ1n) is 4.98. The Labute approximate surface area is 102 Å². The first kappa shape index (κ1) is 10.5. The first-order chi connectivity index (χ1) is 6.77. The van der Waals surface area contributed by atoms with Crippen molar-refractivity contribution in [2.75, 3.05) is 5.32 Å². The van der Waals surface area contributed by atoms with Crippen LogP contribution in [0, 0.1) is 0 Å². The third-order valence-corrected chi connectivity index (χ3v) is 3.99. The summed E-state index contributed by atoms with van der Waals surface area (Å²) in [5.41, 5.74) is 1.19. The number of hydrogen-bond acceptors (Lipinski definition) is 1. The number of benzene rings is 1. The van der Waals surface area contributed by atoms with Crippen LogP contribution in [-0.2, 0) is 0 Å². The van der Waals surface area contributed by atoms with E-state index >= 15 is 0 Å². The summed E-state index contributed by atoms with van der Waals surface area (Å²) in [5, 5.41) is 3.58. The van der Waals surface area contributed by atoms with E-state index in [1.807, 2.05) is 6.07 Å². The average molecular weight is 319 g/mol. The van der Waals surface area contributed by atoms with E-state index in [1.165, 1.54) is 31.4 Å². The summed E-state index contributed by atoms with van der Waals surface area (Å²) in [7, 11) is 0. The molecular weight excluding hydrogens is 306 g/mol. The molecule has 0 spiro atoms. The van der Waals surface area contributed by atoms with Crippen LogP contribution in [0.1, 0.15) is 25.7 Å². The van der Waals surface area contributed by atoms with Gasteiger partial charge in [-0.2, -0.15) is 0 Å². The Morgan fingerprint density at radius 1 is 1.07 bits per heavy atom. The highest BCUT2D eigenvalue weighted by Crippen LogP contribution is 2.33. The zero-order chi connectivity index (χ0) is 9.97. The maximum Gasteiger partial charge on any atom is 0.0631 e. The minimum absolute atomic E-state index is 0.657. The van der Waals surface area contributed by atoms with Gasteiger partial charge in [0.15, 0.2) is 0 Å². The SMILES string of the molecule is Brc1cccc(Br)c1NC1CCCC1. The molecular formula is C11H13Br2N. The lowest BCUT2D eigenvalue weighted by atomic mass is 10.2. The molecule has 76 valence electrons. The zero-order valence-electron chi connectivity index (χ0n) is 7.89. The van der Waals surface area contributed by atoms with Gasteiger partial charge in [-0.25, -0.2) is 0 Å². The highest BCUT2D eigenvalue weighted by Gasteiger charge is 2.16. The fraction of sp³-hybridized carbons (Fsp3) is 0.455. The van der Waals surface area contributed by atoms with E-state index in [0.29, 0.717) is 6.04 Å². The molecule has 1 aliphatic rings. The minimum Gasteiger partial charge on any atom is -0.380 e. The molecule has 0 atom stereocenters. The second-order valence-electron chi connectivity index (χ2n) is 3.72. The van der Waals surface area contributed by atoms with E-state index in [2.05, 4.69) is 49.3 Å². The molecule has 0 heterocycles. The lowest BCUT2D eigenvalue weighted by molar-refractivity contribution is 0.754. The van der Waals surface area contributed by atoms with Gasteiger partial charge in [-0.15, -0.1) is 0 Å². The summed E-state index contributed by atoms with van der Waals surface area (Å²) in [6, 6.07) is 6.84. The number of nitrogens with one attached hydrogen (secondary N) is 1. The van der Waals surface area contributed by atoms with E-state index < -0.39 is 0 Å². The molecule has 1 N–H and O–H groups in total. The molecule has 0 aliphatic heterocycles. The van der Waals surface area contributed by atoms with Crippen LogP contribution in [0.2, 0.25) is 0 Å². The molecule has 0 amide bonds. The number of hydrogen-bond donors (Lipinski definition) is 1. The number of rotatable bonds is 2. The molecule has 1 nitrogen and oxygen atoms in total. The van der Waals surface area contributed by atoms with Crippen LogP contribution in [-0.4, -0.2) is 6.04 Å². The zero-order valence-corrected chi connectivity index (χ0v) is 11.1. The van der Waals surface area contributed by atoms with E-state index in [4.69, 9.17) is 0 Å². The van der Waals surface area contributed by atoms with Gasteiger partial charge >= 0.3 is 0 Å². The maximum atomic E-state index is 3.58. The molecule has 1 aliphatic carbocycles. The Kier molecular flexibility index (Phi) is 3.50. The molecule has 14 heavy (non-hydrogen) atoms. The molecule has 2 rings (SSSR count). The Morgan fingerprint density at radius 2 is 1.64 bits per heavy atom. The van der Waals surface area contributed by atoms with Crippen LogP contribution >= 0.6 is 31.9 Å². The normalized spacial score (nSPS) is 17.3. The summed E-state index contributed by atoms with van der Waals surface area (Å²) in [6.45, 7) is 0. The molecule has 0 radical (unpaired) electrons. The van der Waals surface area contributed by atoms with Crippen molar-refractivity contribution in [2.24, 2.45) is 0 Å². The molecule has 1 saturated carbocycles. The van der Waals surface area contributed by atoms with Gasteiger partial charge in [-0.3, -0.25) is 0 Å². The molecule has 1 aromatic carbocycles. The molecule has 0 unspecified atom stereocenters. The Morgan fingerprint density at radius 3 is 2.21 bits per heavy atom. The van der Waals surface area contributed by atoms with Gasteiger partial charge in [0, 0.05) is 15.0 Å². The predicted octanol–water partition coefficient (Wildman–Crippen LogP) is 4.57. The number of para-hydroxylation sites is 1. The van der Waals surface area contributed by atoms with E-state index in [9.17, 15) is 0 Å². The summed E-state index contributed by atoms with van der Waals surface area (Å²) in [4.78, 5) is 0. The molecule has 1 aromatic rings. The largest absolute Gasteiger partial charge is 0.380 e.